The Kier molecular flexibility index (Phi) is 7.45. The van der Waals surface area contributed by atoms with Crippen molar-refractivity contribution in [2.75, 3.05) is 26.1 Å². The third-order valence-corrected chi connectivity index (χ3v) is 6.09. The molecule has 4 rings (SSSR count). The molecule has 0 aliphatic heterocycles. The van der Waals surface area contributed by atoms with Crippen molar-refractivity contribution in [3.63, 3.8) is 0 Å². The Labute approximate surface area is 210 Å². The maximum Gasteiger partial charge on any atom is 0.359 e. The van der Waals surface area contributed by atoms with Crippen LogP contribution >= 0.6 is 11.3 Å². The molecule has 0 aliphatic rings. The van der Waals surface area contributed by atoms with Crippen LogP contribution in [0.2, 0.25) is 0 Å². The van der Waals surface area contributed by atoms with Crippen molar-refractivity contribution < 1.29 is 23.8 Å². The third-order valence-electron chi connectivity index (χ3n) is 5.19. The lowest BCUT2D eigenvalue weighted by atomic mass is 10.2. The van der Waals surface area contributed by atoms with Crippen LogP contribution in [-0.2, 0) is 9.53 Å². The first-order chi connectivity index (χ1) is 17.5. The second kappa shape index (κ2) is 10.9. The molecule has 1 N–H and O–H groups in total. The second-order valence-electron chi connectivity index (χ2n) is 7.41. The van der Waals surface area contributed by atoms with E-state index in [1.807, 2.05) is 0 Å². The standard InChI is InChI=1S/C26H23N3O6S/c1-4-35-26(32)23-18-15-36-24(22(18)25(31)29(28-23)17-8-6-5-7-9-17)27-21(30)13-11-16-10-12-19(33-2)20(14-16)34-3/h5-15H,4H2,1-3H3,(H,27,30). The van der Waals surface area contributed by atoms with Crippen LogP contribution < -0.4 is 20.3 Å². The summed E-state index contributed by atoms with van der Waals surface area (Å²) in [6, 6.07) is 14.0. The quantitative estimate of drug-likeness (QED) is 0.281. The predicted octanol–water partition coefficient (Wildman–Crippen LogP) is 4.29. The van der Waals surface area contributed by atoms with Crippen LogP contribution in [0.25, 0.3) is 22.5 Å². The number of para-hydroxylation sites is 1. The van der Waals surface area contributed by atoms with Crippen molar-refractivity contribution in [2.45, 2.75) is 6.92 Å². The lowest BCUT2D eigenvalue weighted by Crippen LogP contribution is -2.25. The highest BCUT2D eigenvalue weighted by Crippen LogP contribution is 2.31. The number of nitrogens with zero attached hydrogens (tertiary/aromatic N) is 2. The molecule has 2 heterocycles. The minimum Gasteiger partial charge on any atom is -0.493 e. The number of carbonyl (C=O) groups excluding carboxylic acids is 2. The first kappa shape index (κ1) is 24.7. The summed E-state index contributed by atoms with van der Waals surface area (Å²) >= 11 is 1.13. The zero-order chi connectivity index (χ0) is 25.7. The minimum atomic E-state index is -0.656. The van der Waals surface area contributed by atoms with Crippen molar-refractivity contribution in [2.24, 2.45) is 0 Å². The van der Waals surface area contributed by atoms with E-state index < -0.39 is 17.4 Å². The van der Waals surface area contributed by atoms with Crippen LogP contribution in [0.1, 0.15) is 23.0 Å². The molecular weight excluding hydrogens is 482 g/mol. The highest BCUT2D eigenvalue weighted by atomic mass is 32.1. The molecule has 0 unspecified atom stereocenters. The molecule has 2 aromatic heterocycles. The molecule has 0 atom stereocenters. The van der Waals surface area contributed by atoms with E-state index in [2.05, 4.69) is 10.4 Å². The zero-order valence-corrected chi connectivity index (χ0v) is 20.6. The first-order valence-corrected chi connectivity index (χ1v) is 11.8. The van der Waals surface area contributed by atoms with Gasteiger partial charge >= 0.3 is 5.97 Å². The summed E-state index contributed by atoms with van der Waals surface area (Å²) in [5, 5.41) is 9.42. The Balaban J connectivity index is 1.71. The molecule has 36 heavy (non-hydrogen) atoms. The van der Waals surface area contributed by atoms with Crippen LogP contribution in [-0.4, -0.2) is 42.5 Å². The van der Waals surface area contributed by atoms with Gasteiger partial charge in [-0.3, -0.25) is 9.59 Å². The number of hydrogen-bond acceptors (Lipinski definition) is 8. The van der Waals surface area contributed by atoms with E-state index in [1.54, 1.807) is 74.0 Å². The monoisotopic (exact) mass is 505 g/mol. The van der Waals surface area contributed by atoms with Crippen molar-refractivity contribution in [3.05, 3.63) is 81.6 Å². The van der Waals surface area contributed by atoms with Gasteiger partial charge in [0.15, 0.2) is 17.2 Å². The normalized spacial score (nSPS) is 11.0. The molecule has 0 saturated carbocycles. The Morgan fingerprint density at radius 2 is 1.83 bits per heavy atom. The van der Waals surface area contributed by atoms with Crippen LogP contribution in [0.4, 0.5) is 5.00 Å². The SMILES string of the molecule is CCOC(=O)c1nn(-c2ccccc2)c(=O)c2c(NC(=O)C=Cc3ccc(OC)c(OC)c3)scc12. The van der Waals surface area contributed by atoms with Crippen LogP contribution in [0, 0.1) is 0 Å². The fourth-order valence-electron chi connectivity index (χ4n) is 3.52. The highest BCUT2D eigenvalue weighted by molar-refractivity contribution is 7.16. The minimum absolute atomic E-state index is 0.00655. The summed E-state index contributed by atoms with van der Waals surface area (Å²) < 4.78 is 16.8. The Bertz CT molecular complexity index is 1510. The molecule has 0 radical (unpaired) electrons. The van der Waals surface area contributed by atoms with Crippen molar-refractivity contribution in [3.8, 4) is 17.2 Å². The lowest BCUT2D eigenvalue weighted by Gasteiger charge is -2.09. The van der Waals surface area contributed by atoms with Gasteiger partial charge in [-0.15, -0.1) is 11.3 Å². The van der Waals surface area contributed by atoms with E-state index >= 15 is 0 Å². The molecule has 0 spiro atoms. The van der Waals surface area contributed by atoms with Gasteiger partial charge in [0.05, 0.1) is 31.9 Å². The summed E-state index contributed by atoms with van der Waals surface area (Å²) in [6.07, 6.45) is 2.96. The van der Waals surface area contributed by atoms with E-state index in [0.29, 0.717) is 27.6 Å². The number of nitrogens with one attached hydrogen (secondary N) is 1. The van der Waals surface area contributed by atoms with E-state index in [9.17, 15) is 14.4 Å². The topological polar surface area (TPSA) is 109 Å². The summed E-state index contributed by atoms with van der Waals surface area (Å²) in [4.78, 5) is 38.8. The number of amides is 1. The number of rotatable bonds is 8. The Morgan fingerprint density at radius 3 is 2.53 bits per heavy atom. The number of fused-ring (bicyclic) bond motifs is 1. The average Bonchev–Trinajstić information content (AvgIpc) is 3.32. The average molecular weight is 506 g/mol. The van der Waals surface area contributed by atoms with E-state index in [0.717, 1.165) is 21.6 Å². The van der Waals surface area contributed by atoms with Crippen LogP contribution in [0.15, 0.2) is 64.8 Å². The number of hydrogen-bond donors (Lipinski definition) is 1. The maximum atomic E-state index is 13.4. The lowest BCUT2D eigenvalue weighted by molar-refractivity contribution is -0.111. The number of benzene rings is 2. The number of methoxy groups -OCH3 is 2. The molecular formula is C26H23N3O6S. The van der Waals surface area contributed by atoms with Gasteiger partial charge in [-0.05, 0) is 42.8 Å². The molecule has 0 saturated heterocycles. The molecule has 1 amide bonds. The third kappa shape index (κ3) is 4.98. The maximum absolute atomic E-state index is 13.4. The van der Waals surface area contributed by atoms with Gasteiger partial charge < -0.3 is 19.5 Å². The van der Waals surface area contributed by atoms with Crippen molar-refractivity contribution in [1.29, 1.82) is 0 Å². The molecule has 0 aliphatic carbocycles. The van der Waals surface area contributed by atoms with Gasteiger partial charge in [0.25, 0.3) is 5.56 Å². The number of carbonyl (C=O) groups is 2. The molecule has 0 bridgehead atoms. The van der Waals surface area contributed by atoms with E-state index in [-0.39, 0.29) is 17.7 Å². The molecule has 4 aromatic rings. The number of ether oxygens (including phenoxy) is 3. The van der Waals surface area contributed by atoms with Crippen LogP contribution in [0.5, 0.6) is 11.5 Å². The number of thiophene rings is 1. The molecule has 9 nitrogen and oxygen atoms in total. The van der Waals surface area contributed by atoms with Crippen molar-refractivity contribution in [1.82, 2.24) is 9.78 Å². The Hall–Kier alpha value is -4.44. The number of anilines is 1. The molecule has 10 heteroatoms. The fraction of sp³-hybridized carbons (Fsp3) is 0.154. The van der Waals surface area contributed by atoms with Gasteiger partial charge in [0, 0.05) is 16.8 Å². The Morgan fingerprint density at radius 1 is 1.08 bits per heavy atom. The van der Waals surface area contributed by atoms with Gasteiger partial charge in [-0.25, -0.2) is 4.79 Å². The smallest absolute Gasteiger partial charge is 0.359 e. The van der Waals surface area contributed by atoms with Crippen molar-refractivity contribution >= 4 is 45.1 Å². The van der Waals surface area contributed by atoms with Gasteiger partial charge in [-0.1, -0.05) is 24.3 Å². The van der Waals surface area contributed by atoms with E-state index in [4.69, 9.17) is 14.2 Å². The molecule has 2 aromatic carbocycles. The summed E-state index contributed by atoms with van der Waals surface area (Å²) in [6.45, 7) is 1.84. The summed E-state index contributed by atoms with van der Waals surface area (Å²) in [5.41, 5.74) is 0.725. The van der Waals surface area contributed by atoms with Gasteiger partial charge in [-0.2, -0.15) is 9.78 Å². The van der Waals surface area contributed by atoms with Crippen LogP contribution in [0.3, 0.4) is 0 Å². The summed E-state index contributed by atoms with van der Waals surface area (Å²) in [5.74, 6) is -0.000433. The zero-order valence-electron chi connectivity index (χ0n) is 19.8. The second-order valence-corrected chi connectivity index (χ2v) is 8.29. The van der Waals surface area contributed by atoms with Gasteiger partial charge in [0.2, 0.25) is 5.91 Å². The number of esters is 1. The fourth-order valence-corrected chi connectivity index (χ4v) is 4.46. The first-order valence-electron chi connectivity index (χ1n) is 10.9. The highest BCUT2D eigenvalue weighted by Gasteiger charge is 2.22. The molecule has 184 valence electrons. The molecule has 0 fully saturated rings. The largest absolute Gasteiger partial charge is 0.493 e. The number of aromatic nitrogens is 2. The predicted molar refractivity (Wildman–Crippen MR) is 138 cm³/mol. The van der Waals surface area contributed by atoms with E-state index in [1.165, 1.54) is 13.2 Å². The van der Waals surface area contributed by atoms with Gasteiger partial charge in [0.1, 0.15) is 5.00 Å². The summed E-state index contributed by atoms with van der Waals surface area (Å²) in [7, 11) is 3.07.